The molecule has 0 saturated heterocycles. The van der Waals surface area contributed by atoms with Crippen molar-refractivity contribution >= 4 is 46.0 Å². The zero-order valence-electron chi connectivity index (χ0n) is 14.3. The highest BCUT2D eigenvalue weighted by molar-refractivity contribution is 7.99. The summed E-state index contributed by atoms with van der Waals surface area (Å²) in [5.74, 6) is 0.477. The number of rotatable bonds is 5. The second-order valence-corrected chi connectivity index (χ2v) is 7.19. The first-order chi connectivity index (χ1) is 13.5. The number of fused-ring (bicyclic) bond motifs is 2. The number of benzene rings is 2. The Hall–Kier alpha value is -2.52. The molecule has 28 heavy (non-hydrogen) atoms. The van der Waals surface area contributed by atoms with E-state index in [-0.39, 0.29) is 10.9 Å². The number of alkyl halides is 2. The summed E-state index contributed by atoms with van der Waals surface area (Å²) in [6.07, 6.45) is 0. The van der Waals surface area contributed by atoms with Gasteiger partial charge in [0.15, 0.2) is 16.7 Å². The SMILES string of the molecule is O=C(CSc1nc2ccccc2n1C(F)F)Nc1cc2c(cc1Cl)OCCO2. The van der Waals surface area contributed by atoms with Crippen molar-refractivity contribution < 1.29 is 23.0 Å². The third-order valence-electron chi connectivity index (χ3n) is 4.00. The number of amides is 1. The molecule has 1 aromatic heterocycles. The Balaban J connectivity index is 1.48. The van der Waals surface area contributed by atoms with Crippen LogP contribution in [-0.2, 0) is 4.79 Å². The lowest BCUT2D eigenvalue weighted by atomic mass is 10.2. The topological polar surface area (TPSA) is 65.4 Å². The zero-order chi connectivity index (χ0) is 19.7. The third-order valence-corrected chi connectivity index (χ3v) is 5.26. The minimum Gasteiger partial charge on any atom is -0.486 e. The third kappa shape index (κ3) is 3.72. The summed E-state index contributed by atoms with van der Waals surface area (Å²) in [6.45, 7) is -1.93. The highest BCUT2D eigenvalue weighted by Crippen LogP contribution is 2.38. The van der Waals surface area contributed by atoms with Crippen LogP contribution in [0.4, 0.5) is 14.5 Å². The fraction of sp³-hybridized carbons (Fsp3) is 0.222. The van der Waals surface area contributed by atoms with Gasteiger partial charge in [-0.1, -0.05) is 35.5 Å². The van der Waals surface area contributed by atoms with Crippen molar-refractivity contribution in [3.8, 4) is 11.5 Å². The maximum atomic E-state index is 13.4. The van der Waals surface area contributed by atoms with Gasteiger partial charge in [0.2, 0.25) is 5.91 Å². The molecule has 2 aromatic carbocycles. The van der Waals surface area contributed by atoms with Crippen molar-refractivity contribution in [2.75, 3.05) is 24.3 Å². The normalized spacial score (nSPS) is 13.1. The molecule has 0 unspecified atom stereocenters. The lowest BCUT2D eigenvalue weighted by Crippen LogP contribution is -2.17. The molecule has 1 aliphatic heterocycles. The summed E-state index contributed by atoms with van der Waals surface area (Å²) in [7, 11) is 0. The number of imidazole rings is 1. The van der Waals surface area contributed by atoms with Crippen LogP contribution in [0, 0.1) is 0 Å². The molecular weight excluding hydrogens is 412 g/mol. The molecule has 1 aliphatic rings. The molecule has 146 valence electrons. The number of nitrogens with one attached hydrogen (secondary N) is 1. The predicted octanol–water partition coefficient (Wildman–Crippen LogP) is 4.59. The first-order valence-corrected chi connectivity index (χ1v) is 9.66. The number of ether oxygens (including phenoxy) is 2. The van der Waals surface area contributed by atoms with Gasteiger partial charge in [0.1, 0.15) is 13.2 Å². The average Bonchev–Trinajstić information content (AvgIpc) is 3.05. The number of nitrogens with zero attached hydrogens (tertiary/aromatic N) is 2. The van der Waals surface area contributed by atoms with Crippen molar-refractivity contribution in [1.29, 1.82) is 0 Å². The largest absolute Gasteiger partial charge is 0.486 e. The van der Waals surface area contributed by atoms with Crippen molar-refractivity contribution in [2.45, 2.75) is 11.7 Å². The van der Waals surface area contributed by atoms with E-state index in [1.807, 2.05) is 0 Å². The molecule has 0 atom stereocenters. The van der Waals surface area contributed by atoms with E-state index in [2.05, 4.69) is 10.3 Å². The maximum absolute atomic E-state index is 13.4. The Morgan fingerprint density at radius 3 is 2.71 bits per heavy atom. The lowest BCUT2D eigenvalue weighted by Gasteiger charge is -2.20. The molecule has 0 spiro atoms. The number of hydrogen-bond donors (Lipinski definition) is 1. The van der Waals surface area contributed by atoms with Gasteiger partial charge in [0.25, 0.3) is 0 Å². The number of halogens is 3. The molecule has 0 saturated carbocycles. The van der Waals surface area contributed by atoms with Crippen LogP contribution in [0.3, 0.4) is 0 Å². The lowest BCUT2D eigenvalue weighted by molar-refractivity contribution is -0.113. The van der Waals surface area contributed by atoms with E-state index >= 15 is 0 Å². The molecule has 2 heterocycles. The molecule has 0 bridgehead atoms. The fourth-order valence-corrected chi connectivity index (χ4v) is 3.80. The van der Waals surface area contributed by atoms with Gasteiger partial charge in [-0.3, -0.25) is 9.36 Å². The van der Waals surface area contributed by atoms with E-state index in [1.165, 1.54) is 0 Å². The molecule has 1 N–H and O–H groups in total. The second-order valence-electron chi connectivity index (χ2n) is 5.84. The van der Waals surface area contributed by atoms with Crippen molar-refractivity contribution in [3.63, 3.8) is 0 Å². The quantitative estimate of drug-likeness (QED) is 0.606. The number of hydrogen-bond acceptors (Lipinski definition) is 5. The molecule has 3 aromatic rings. The van der Waals surface area contributed by atoms with Crippen LogP contribution >= 0.6 is 23.4 Å². The smallest absolute Gasteiger partial charge is 0.321 e. The average molecular weight is 426 g/mol. The van der Waals surface area contributed by atoms with Gasteiger partial charge in [0.05, 0.1) is 27.5 Å². The maximum Gasteiger partial charge on any atom is 0.321 e. The molecular formula is C18H14ClF2N3O3S. The molecule has 0 radical (unpaired) electrons. The van der Waals surface area contributed by atoms with Gasteiger partial charge >= 0.3 is 6.55 Å². The van der Waals surface area contributed by atoms with E-state index in [4.69, 9.17) is 21.1 Å². The summed E-state index contributed by atoms with van der Waals surface area (Å²) in [5, 5.41) is 3.02. The van der Waals surface area contributed by atoms with Gasteiger partial charge in [-0.25, -0.2) is 4.98 Å². The number of carbonyl (C=O) groups is 1. The summed E-state index contributed by atoms with van der Waals surface area (Å²) < 4.78 is 38.6. The number of para-hydroxylation sites is 2. The molecule has 6 nitrogen and oxygen atoms in total. The van der Waals surface area contributed by atoms with Gasteiger partial charge in [-0.05, 0) is 12.1 Å². The van der Waals surface area contributed by atoms with Crippen molar-refractivity contribution in [3.05, 3.63) is 41.4 Å². The molecule has 1 amide bonds. The first kappa shape index (κ1) is 18.8. The number of carbonyl (C=O) groups excluding carboxylic acids is 1. The zero-order valence-corrected chi connectivity index (χ0v) is 15.9. The Bertz CT molecular complexity index is 1040. The number of anilines is 1. The summed E-state index contributed by atoms with van der Waals surface area (Å²) in [4.78, 5) is 16.5. The molecule has 0 aliphatic carbocycles. The minimum absolute atomic E-state index is 0.0691. The highest BCUT2D eigenvalue weighted by Gasteiger charge is 2.20. The van der Waals surface area contributed by atoms with E-state index in [0.717, 1.165) is 16.3 Å². The Labute approximate surface area is 167 Å². The van der Waals surface area contributed by atoms with Crippen molar-refractivity contribution in [1.82, 2.24) is 9.55 Å². The molecule has 0 fully saturated rings. The fourth-order valence-electron chi connectivity index (χ4n) is 2.79. The van der Waals surface area contributed by atoms with Crippen LogP contribution in [-0.4, -0.2) is 34.4 Å². The number of thioether (sulfide) groups is 1. The minimum atomic E-state index is -2.76. The van der Waals surface area contributed by atoms with Crippen molar-refractivity contribution in [2.24, 2.45) is 0 Å². The van der Waals surface area contributed by atoms with E-state index in [9.17, 15) is 13.6 Å². The first-order valence-electron chi connectivity index (χ1n) is 8.30. The standard InChI is InChI=1S/C18H14ClF2N3O3S/c19-10-7-14-15(27-6-5-26-14)8-12(10)22-16(25)9-28-18-23-11-3-1-2-4-13(11)24(18)17(20)21/h1-4,7-8,17H,5-6,9H2,(H,22,25). The molecule has 10 heteroatoms. The van der Waals surface area contributed by atoms with Crippen LogP contribution < -0.4 is 14.8 Å². The summed E-state index contributed by atoms with van der Waals surface area (Å²) in [5.41, 5.74) is 1.12. The van der Waals surface area contributed by atoms with Crippen LogP contribution in [0.25, 0.3) is 11.0 Å². The van der Waals surface area contributed by atoms with E-state index < -0.39 is 12.5 Å². The molecule has 4 rings (SSSR count). The summed E-state index contributed by atoms with van der Waals surface area (Å²) >= 11 is 7.09. The Kier molecular flexibility index (Phi) is 5.27. The Morgan fingerprint density at radius 2 is 1.96 bits per heavy atom. The van der Waals surface area contributed by atoms with Crippen LogP contribution in [0.2, 0.25) is 5.02 Å². The van der Waals surface area contributed by atoms with Gasteiger partial charge in [0, 0.05) is 12.1 Å². The predicted molar refractivity (Wildman–Crippen MR) is 103 cm³/mol. The van der Waals surface area contributed by atoms with Crippen LogP contribution in [0.15, 0.2) is 41.6 Å². The van der Waals surface area contributed by atoms with Crippen LogP contribution in [0.5, 0.6) is 11.5 Å². The van der Waals surface area contributed by atoms with Gasteiger partial charge in [-0.2, -0.15) is 8.78 Å². The monoisotopic (exact) mass is 425 g/mol. The van der Waals surface area contributed by atoms with E-state index in [1.54, 1.807) is 36.4 Å². The number of aromatic nitrogens is 2. The highest BCUT2D eigenvalue weighted by atomic mass is 35.5. The van der Waals surface area contributed by atoms with Gasteiger partial charge in [-0.15, -0.1) is 0 Å². The second kappa shape index (κ2) is 7.84. The summed E-state index contributed by atoms with van der Waals surface area (Å²) in [6, 6.07) is 9.73. The van der Waals surface area contributed by atoms with Crippen LogP contribution in [0.1, 0.15) is 6.55 Å². The van der Waals surface area contributed by atoms with Gasteiger partial charge < -0.3 is 14.8 Å². The Morgan fingerprint density at radius 1 is 1.25 bits per heavy atom. The van der Waals surface area contributed by atoms with E-state index in [0.29, 0.717) is 46.5 Å².